The van der Waals surface area contributed by atoms with E-state index in [1.54, 1.807) is 6.07 Å². The van der Waals surface area contributed by atoms with Crippen LogP contribution in [0.2, 0.25) is 5.02 Å². The Balaban J connectivity index is 1.60. The molecule has 0 bridgehead atoms. The minimum absolute atomic E-state index is 0.0526. The molecule has 0 radical (unpaired) electrons. The van der Waals surface area contributed by atoms with Crippen molar-refractivity contribution in [1.82, 2.24) is 14.7 Å². The van der Waals surface area contributed by atoms with E-state index in [0.717, 1.165) is 54.1 Å². The summed E-state index contributed by atoms with van der Waals surface area (Å²) in [6.45, 7) is 5.42. The maximum atomic E-state index is 13.0. The van der Waals surface area contributed by atoms with Gasteiger partial charge < -0.3 is 15.0 Å². The molecule has 26 heavy (non-hydrogen) atoms. The number of urea groups is 1. The van der Waals surface area contributed by atoms with Crippen molar-refractivity contribution in [3.8, 4) is 5.75 Å². The third-order valence-corrected chi connectivity index (χ3v) is 5.62. The summed E-state index contributed by atoms with van der Waals surface area (Å²) in [4.78, 5) is 14.9. The van der Waals surface area contributed by atoms with E-state index >= 15 is 0 Å². The number of halogens is 1. The Kier molecular flexibility index (Phi) is 4.31. The Labute approximate surface area is 158 Å². The third-order valence-electron chi connectivity index (χ3n) is 5.40. The number of benzene rings is 1. The normalized spacial score (nSPS) is 18.8. The number of hydrogen-bond acceptors (Lipinski definition) is 3. The van der Waals surface area contributed by atoms with Gasteiger partial charge in [-0.25, -0.2) is 4.79 Å². The molecule has 2 aliphatic heterocycles. The van der Waals surface area contributed by atoms with Crippen molar-refractivity contribution in [2.75, 3.05) is 18.5 Å². The summed E-state index contributed by atoms with van der Waals surface area (Å²) in [7, 11) is 1.94. The largest absolute Gasteiger partial charge is 0.491 e. The Morgan fingerprint density at radius 2 is 2.19 bits per heavy atom. The van der Waals surface area contributed by atoms with Crippen molar-refractivity contribution >= 4 is 23.3 Å². The number of anilines is 1. The first-order chi connectivity index (χ1) is 12.5. The topological polar surface area (TPSA) is 59.4 Å². The lowest BCUT2D eigenvalue weighted by Gasteiger charge is -2.26. The number of hydrogen-bond donors (Lipinski definition) is 1. The van der Waals surface area contributed by atoms with Crippen LogP contribution in [0.15, 0.2) is 12.1 Å². The van der Waals surface area contributed by atoms with Gasteiger partial charge in [-0.15, -0.1) is 0 Å². The Morgan fingerprint density at radius 3 is 2.92 bits per heavy atom. The molecule has 2 aromatic rings. The summed E-state index contributed by atoms with van der Waals surface area (Å²) in [6.07, 6.45) is 2.75. The zero-order chi connectivity index (χ0) is 18.4. The number of aryl methyl sites for hydroxylation is 2. The number of amides is 2. The molecule has 1 aromatic carbocycles. The van der Waals surface area contributed by atoms with Gasteiger partial charge in [0.15, 0.2) is 0 Å². The van der Waals surface area contributed by atoms with Crippen LogP contribution in [-0.4, -0.2) is 33.9 Å². The summed E-state index contributed by atoms with van der Waals surface area (Å²) < 4.78 is 7.58. The van der Waals surface area contributed by atoms with Crippen molar-refractivity contribution in [2.45, 2.75) is 39.2 Å². The number of fused-ring (bicyclic) bond motifs is 1. The van der Waals surface area contributed by atoms with Gasteiger partial charge >= 0.3 is 6.03 Å². The maximum Gasteiger partial charge on any atom is 0.322 e. The summed E-state index contributed by atoms with van der Waals surface area (Å²) in [6, 6.07) is 3.60. The summed E-state index contributed by atoms with van der Waals surface area (Å²) in [5.41, 5.74) is 4.96. The molecule has 138 valence electrons. The number of carbonyl (C=O) groups excluding carboxylic acids is 1. The van der Waals surface area contributed by atoms with E-state index < -0.39 is 0 Å². The van der Waals surface area contributed by atoms with Crippen LogP contribution < -0.4 is 10.1 Å². The molecule has 1 atom stereocenters. The molecule has 0 saturated carbocycles. The van der Waals surface area contributed by atoms with Gasteiger partial charge in [0.25, 0.3) is 0 Å². The molecular formula is C19H23ClN4O2. The molecule has 1 fully saturated rings. The number of nitrogens with one attached hydrogen (secondary N) is 1. The van der Waals surface area contributed by atoms with Gasteiger partial charge in [-0.1, -0.05) is 11.6 Å². The van der Waals surface area contributed by atoms with Gasteiger partial charge in [0.1, 0.15) is 5.75 Å². The fraction of sp³-hybridized carbons (Fsp3) is 0.474. The highest BCUT2D eigenvalue weighted by atomic mass is 35.5. The summed E-state index contributed by atoms with van der Waals surface area (Å²) in [5, 5.41) is 8.15. The highest BCUT2D eigenvalue weighted by molar-refractivity contribution is 6.31. The molecule has 3 heterocycles. The second-order valence-corrected chi connectivity index (χ2v) is 7.47. The van der Waals surface area contributed by atoms with Crippen LogP contribution in [0.3, 0.4) is 0 Å². The Hall–Kier alpha value is -2.21. The van der Waals surface area contributed by atoms with Gasteiger partial charge in [0.05, 0.1) is 24.0 Å². The molecule has 1 saturated heterocycles. The van der Waals surface area contributed by atoms with Crippen LogP contribution >= 0.6 is 11.6 Å². The average Bonchev–Trinajstić information content (AvgIpc) is 3.28. The minimum Gasteiger partial charge on any atom is -0.491 e. The molecule has 2 amide bonds. The molecule has 6 nitrogen and oxygen atoms in total. The highest BCUT2D eigenvalue weighted by Crippen LogP contribution is 2.39. The molecule has 7 heteroatoms. The first-order valence-corrected chi connectivity index (χ1v) is 9.36. The van der Waals surface area contributed by atoms with Crippen LogP contribution in [0.4, 0.5) is 10.5 Å². The maximum absolute atomic E-state index is 13.0. The fourth-order valence-electron chi connectivity index (χ4n) is 4.13. The fourth-order valence-corrected chi connectivity index (χ4v) is 4.37. The van der Waals surface area contributed by atoms with Gasteiger partial charge in [-0.05, 0) is 38.8 Å². The van der Waals surface area contributed by atoms with Crippen LogP contribution in [0, 0.1) is 13.8 Å². The zero-order valence-electron chi connectivity index (χ0n) is 15.3. The first-order valence-electron chi connectivity index (χ1n) is 8.98. The number of rotatable bonds is 2. The van der Waals surface area contributed by atoms with Crippen molar-refractivity contribution in [3.63, 3.8) is 0 Å². The van der Waals surface area contributed by atoms with Gasteiger partial charge in [0, 0.05) is 41.9 Å². The monoisotopic (exact) mass is 374 g/mol. The Bertz CT molecular complexity index is 877. The smallest absolute Gasteiger partial charge is 0.322 e. The summed E-state index contributed by atoms with van der Waals surface area (Å²) >= 11 is 6.21. The molecular weight excluding hydrogens is 352 g/mol. The second kappa shape index (κ2) is 6.50. The van der Waals surface area contributed by atoms with Gasteiger partial charge in [-0.3, -0.25) is 4.68 Å². The number of aromatic nitrogens is 2. The van der Waals surface area contributed by atoms with E-state index in [-0.39, 0.29) is 12.1 Å². The SMILES string of the molecule is Cc1nn(C)c(C)c1C1CCCN1C(=O)Nc1cc(Cl)cc2c1OCC2. The van der Waals surface area contributed by atoms with Crippen molar-refractivity contribution in [3.05, 3.63) is 39.7 Å². The van der Waals surface area contributed by atoms with Crippen molar-refractivity contribution in [1.29, 1.82) is 0 Å². The molecule has 2 aliphatic rings. The van der Waals surface area contributed by atoms with Crippen LogP contribution in [0.1, 0.15) is 41.4 Å². The number of likely N-dealkylation sites (tertiary alicyclic amines) is 1. The van der Waals surface area contributed by atoms with E-state index in [4.69, 9.17) is 16.3 Å². The number of carbonyl (C=O) groups is 1. The molecule has 4 rings (SSSR count). The zero-order valence-corrected chi connectivity index (χ0v) is 16.1. The van der Waals surface area contributed by atoms with E-state index in [2.05, 4.69) is 17.3 Å². The first kappa shape index (κ1) is 17.2. The molecule has 0 spiro atoms. The standard InChI is InChI=1S/C19H23ClN4O2/c1-11-17(12(2)23(3)22-11)16-5-4-7-24(16)19(25)21-15-10-14(20)9-13-6-8-26-18(13)15/h9-10,16H,4-8H2,1-3H3,(H,21,25). The minimum atomic E-state index is -0.116. The van der Waals surface area contributed by atoms with Crippen LogP contribution in [-0.2, 0) is 13.5 Å². The molecule has 1 aromatic heterocycles. The average molecular weight is 375 g/mol. The highest BCUT2D eigenvalue weighted by Gasteiger charge is 2.34. The van der Waals surface area contributed by atoms with E-state index in [9.17, 15) is 4.79 Å². The van der Waals surface area contributed by atoms with Crippen LogP contribution in [0.5, 0.6) is 5.75 Å². The third kappa shape index (κ3) is 2.82. The van der Waals surface area contributed by atoms with Gasteiger partial charge in [-0.2, -0.15) is 5.10 Å². The van der Waals surface area contributed by atoms with Crippen LogP contribution in [0.25, 0.3) is 0 Å². The van der Waals surface area contributed by atoms with E-state index in [1.165, 1.54) is 0 Å². The number of ether oxygens (including phenoxy) is 1. The lowest BCUT2D eigenvalue weighted by atomic mass is 10.0. The molecule has 0 aliphatic carbocycles. The van der Waals surface area contributed by atoms with Gasteiger partial charge in [0.2, 0.25) is 0 Å². The van der Waals surface area contributed by atoms with Crippen molar-refractivity contribution < 1.29 is 9.53 Å². The van der Waals surface area contributed by atoms with E-state index in [0.29, 0.717) is 17.3 Å². The quantitative estimate of drug-likeness (QED) is 0.864. The molecule has 1 N–H and O–H groups in total. The summed E-state index contributed by atoms with van der Waals surface area (Å²) in [5.74, 6) is 0.743. The molecule has 1 unspecified atom stereocenters. The lowest BCUT2D eigenvalue weighted by Crippen LogP contribution is -2.35. The van der Waals surface area contributed by atoms with E-state index in [1.807, 2.05) is 29.6 Å². The van der Waals surface area contributed by atoms with Crippen molar-refractivity contribution in [2.24, 2.45) is 7.05 Å². The second-order valence-electron chi connectivity index (χ2n) is 7.03. The number of nitrogens with zero attached hydrogens (tertiary/aromatic N) is 3. The Morgan fingerprint density at radius 1 is 1.38 bits per heavy atom. The lowest BCUT2D eigenvalue weighted by molar-refractivity contribution is 0.206. The predicted molar refractivity (Wildman–Crippen MR) is 101 cm³/mol. The predicted octanol–water partition coefficient (Wildman–Crippen LogP) is 3.99.